The molecule has 0 heterocycles. The SMILES string of the molecule is O=C1c2ccccc2C(=O)c2c(/N=N/c3ccccc3)cccc21. The normalized spacial score (nSPS) is 13.0. The fraction of sp³-hybridized carbons (Fsp3) is 0. The van der Waals surface area contributed by atoms with Gasteiger partial charge in [0.2, 0.25) is 0 Å². The van der Waals surface area contributed by atoms with Gasteiger partial charge in [-0.3, -0.25) is 9.59 Å². The maximum Gasteiger partial charge on any atom is 0.196 e. The van der Waals surface area contributed by atoms with Gasteiger partial charge >= 0.3 is 0 Å². The van der Waals surface area contributed by atoms with Gasteiger partial charge in [0.15, 0.2) is 11.6 Å². The van der Waals surface area contributed by atoms with Gasteiger partial charge in [-0.25, -0.2) is 0 Å². The van der Waals surface area contributed by atoms with Gasteiger partial charge in [-0.05, 0) is 18.2 Å². The number of hydrogen-bond donors (Lipinski definition) is 0. The van der Waals surface area contributed by atoms with Crippen LogP contribution < -0.4 is 0 Å². The first kappa shape index (κ1) is 14.2. The van der Waals surface area contributed by atoms with Crippen molar-refractivity contribution in [3.63, 3.8) is 0 Å². The van der Waals surface area contributed by atoms with E-state index in [9.17, 15) is 9.59 Å². The number of ketones is 2. The lowest BCUT2D eigenvalue weighted by Crippen LogP contribution is -2.20. The van der Waals surface area contributed by atoms with E-state index in [2.05, 4.69) is 10.2 Å². The lowest BCUT2D eigenvalue weighted by Gasteiger charge is -2.18. The van der Waals surface area contributed by atoms with Gasteiger partial charge in [-0.2, -0.15) is 5.11 Å². The number of hydrogen-bond acceptors (Lipinski definition) is 4. The molecular formula is C20H12N2O2. The second kappa shape index (κ2) is 5.66. The van der Waals surface area contributed by atoms with Crippen molar-refractivity contribution in [1.82, 2.24) is 0 Å². The fourth-order valence-corrected chi connectivity index (χ4v) is 2.82. The molecule has 0 amide bonds. The van der Waals surface area contributed by atoms with Gasteiger partial charge in [0.1, 0.15) is 0 Å². The lowest BCUT2D eigenvalue weighted by atomic mass is 9.83. The van der Waals surface area contributed by atoms with Crippen molar-refractivity contribution in [2.24, 2.45) is 10.2 Å². The number of rotatable bonds is 2. The minimum absolute atomic E-state index is 0.156. The highest BCUT2D eigenvalue weighted by Crippen LogP contribution is 2.33. The van der Waals surface area contributed by atoms with Gasteiger partial charge in [0.25, 0.3) is 0 Å². The number of carbonyl (C=O) groups excluding carboxylic acids is 2. The third-order valence-corrected chi connectivity index (χ3v) is 3.96. The van der Waals surface area contributed by atoms with Crippen molar-refractivity contribution in [1.29, 1.82) is 0 Å². The highest BCUT2D eigenvalue weighted by Gasteiger charge is 2.31. The molecule has 0 fully saturated rings. The lowest BCUT2D eigenvalue weighted by molar-refractivity contribution is 0.0979. The van der Waals surface area contributed by atoms with Crippen molar-refractivity contribution in [3.8, 4) is 0 Å². The molecule has 24 heavy (non-hydrogen) atoms. The Morgan fingerprint density at radius 1 is 0.542 bits per heavy atom. The molecule has 0 saturated heterocycles. The Bertz CT molecular complexity index is 992. The monoisotopic (exact) mass is 312 g/mol. The predicted molar refractivity (Wildman–Crippen MR) is 90.4 cm³/mol. The average Bonchev–Trinajstić information content (AvgIpc) is 2.65. The third-order valence-electron chi connectivity index (χ3n) is 3.96. The number of benzene rings is 3. The van der Waals surface area contributed by atoms with E-state index in [0.29, 0.717) is 33.6 Å². The van der Waals surface area contributed by atoms with Gasteiger partial charge in [0, 0.05) is 16.7 Å². The molecule has 0 aromatic heterocycles. The molecule has 0 N–H and O–H groups in total. The van der Waals surface area contributed by atoms with Gasteiger partial charge < -0.3 is 0 Å². The van der Waals surface area contributed by atoms with Crippen LogP contribution in [0.3, 0.4) is 0 Å². The fourth-order valence-electron chi connectivity index (χ4n) is 2.82. The van der Waals surface area contributed by atoms with Crippen molar-refractivity contribution in [2.75, 3.05) is 0 Å². The van der Waals surface area contributed by atoms with Crippen molar-refractivity contribution < 1.29 is 9.59 Å². The largest absolute Gasteiger partial charge is 0.289 e. The van der Waals surface area contributed by atoms with E-state index in [4.69, 9.17) is 0 Å². The summed E-state index contributed by atoms with van der Waals surface area (Å²) in [6.07, 6.45) is 0. The van der Waals surface area contributed by atoms with Gasteiger partial charge in [-0.1, -0.05) is 54.6 Å². The molecule has 1 aliphatic carbocycles. The number of carbonyl (C=O) groups is 2. The zero-order valence-corrected chi connectivity index (χ0v) is 12.6. The molecule has 0 bridgehead atoms. The Balaban J connectivity index is 1.84. The number of azo groups is 1. The topological polar surface area (TPSA) is 58.9 Å². The van der Waals surface area contributed by atoms with Crippen LogP contribution in [0.5, 0.6) is 0 Å². The summed E-state index contributed by atoms with van der Waals surface area (Å²) in [6, 6.07) is 21.2. The minimum atomic E-state index is -0.192. The maximum atomic E-state index is 12.8. The third kappa shape index (κ3) is 2.25. The van der Waals surface area contributed by atoms with Crippen LogP contribution in [-0.2, 0) is 0 Å². The summed E-state index contributed by atoms with van der Waals surface area (Å²) in [7, 11) is 0. The first-order valence-electron chi connectivity index (χ1n) is 7.54. The Hall–Kier alpha value is -3.40. The molecule has 114 valence electrons. The first-order chi connectivity index (χ1) is 11.8. The molecule has 4 heteroatoms. The van der Waals surface area contributed by atoms with Crippen molar-refractivity contribution >= 4 is 22.9 Å². The van der Waals surface area contributed by atoms with Gasteiger partial charge in [-0.15, -0.1) is 5.11 Å². The van der Waals surface area contributed by atoms with Crippen LogP contribution >= 0.6 is 0 Å². The summed E-state index contributed by atoms with van der Waals surface area (Å²) < 4.78 is 0. The Morgan fingerprint density at radius 3 is 1.92 bits per heavy atom. The molecule has 0 saturated carbocycles. The van der Waals surface area contributed by atoms with E-state index < -0.39 is 0 Å². The molecule has 1 aliphatic rings. The molecule has 3 aromatic rings. The summed E-state index contributed by atoms with van der Waals surface area (Å²) in [5.41, 5.74) is 2.64. The highest BCUT2D eigenvalue weighted by atomic mass is 16.1. The summed E-state index contributed by atoms with van der Waals surface area (Å²) in [4.78, 5) is 25.5. The van der Waals surface area contributed by atoms with Crippen LogP contribution in [-0.4, -0.2) is 11.6 Å². The maximum absolute atomic E-state index is 12.8. The molecule has 4 nitrogen and oxygen atoms in total. The average molecular weight is 312 g/mol. The van der Waals surface area contributed by atoms with E-state index >= 15 is 0 Å². The smallest absolute Gasteiger partial charge is 0.196 e. The zero-order valence-electron chi connectivity index (χ0n) is 12.6. The van der Waals surface area contributed by atoms with Gasteiger partial charge in [0.05, 0.1) is 16.9 Å². The number of fused-ring (bicyclic) bond motifs is 2. The van der Waals surface area contributed by atoms with E-state index in [1.54, 1.807) is 42.5 Å². The van der Waals surface area contributed by atoms with E-state index in [-0.39, 0.29) is 11.6 Å². The summed E-state index contributed by atoms with van der Waals surface area (Å²) in [6.45, 7) is 0. The molecule has 0 aliphatic heterocycles. The summed E-state index contributed by atoms with van der Waals surface area (Å²) in [5, 5.41) is 8.36. The molecule has 4 rings (SSSR count). The zero-order chi connectivity index (χ0) is 16.5. The second-order valence-corrected chi connectivity index (χ2v) is 5.44. The Morgan fingerprint density at radius 2 is 1.17 bits per heavy atom. The molecule has 3 aromatic carbocycles. The summed E-state index contributed by atoms with van der Waals surface area (Å²) in [5.74, 6) is -0.347. The van der Waals surface area contributed by atoms with Crippen LogP contribution in [0, 0.1) is 0 Å². The quantitative estimate of drug-likeness (QED) is 0.495. The van der Waals surface area contributed by atoms with E-state index in [1.165, 1.54) is 0 Å². The van der Waals surface area contributed by atoms with Crippen molar-refractivity contribution in [3.05, 3.63) is 95.1 Å². The minimum Gasteiger partial charge on any atom is -0.289 e. The number of nitrogens with zero attached hydrogens (tertiary/aromatic N) is 2. The standard InChI is InChI=1S/C20H12N2O2/c23-19-14-9-4-5-10-15(14)20(24)18-16(19)11-6-12-17(18)22-21-13-7-2-1-3-8-13/h1-12H/b22-21+. The molecule has 0 radical (unpaired) electrons. The predicted octanol–water partition coefficient (Wildman–Crippen LogP) is 4.88. The van der Waals surface area contributed by atoms with E-state index in [1.807, 2.05) is 30.3 Å². The van der Waals surface area contributed by atoms with Crippen LogP contribution in [0.2, 0.25) is 0 Å². The second-order valence-electron chi connectivity index (χ2n) is 5.44. The van der Waals surface area contributed by atoms with Crippen LogP contribution in [0.4, 0.5) is 11.4 Å². The molecule has 0 atom stereocenters. The van der Waals surface area contributed by atoms with Crippen LogP contribution in [0.1, 0.15) is 31.8 Å². The Labute approximate surface area is 138 Å². The van der Waals surface area contributed by atoms with Crippen LogP contribution in [0.25, 0.3) is 0 Å². The first-order valence-corrected chi connectivity index (χ1v) is 7.54. The highest BCUT2D eigenvalue weighted by molar-refractivity contribution is 6.29. The Kier molecular flexibility index (Phi) is 3.35. The molecular weight excluding hydrogens is 300 g/mol. The summed E-state index contributed by atoms with van der Waals surface area (Å²) >= 11 is 0. The van der Waals surface area contributed by atoms with Crippen LogP contribution in [0.15, 0.2) is 83.0 Å². The van der Waals surface area contributed by atoms with E-state index in [0.717, 1.165) is 0 Å². The molecule has 0 spiro atoms. The molecule has 0 unspecified atom stereocenters. The van der Waals surface area contributed by atoms with Crippen molar-refractivity contribution in [2.45, 2.75) is 0 Å².